The molecule has 4 heteroatoms. The number of benzene rings is 1. The minimum absolute atomic E-state index is 0. The summed E-state index contributed by atoms with van der Waals surface area (Å²) in [4.78, 5) is 11.9. The molecule has 0 bridgehead atoms. The topological polar surface area (TPSA) is 41.1 Å². The van der Waals surface area contributed by atoms with Crippen LogP contribution in [0, 0.1) is 6.92 Å². The third-order valence-corrected chi connectivity index (χ3v) is 2.95. The molecule has 0 aliphatic carbocycles. The average molecular weight is 255 g/mol. The highest BCUT2D eigenvalue weighted by Gasteiger charge is 2.15. The van der Waals surface area contributed by atoms with Crippen LogP contribution in [0.25, 0.3) is 0 Å². The zero-order valence-corrected chi connectivity index (χ0v) is 10.8. The van der Waals surface area contributed by atoms with E-state index in [0.717, 1.165) is 37.1 Å². The molecule has 94 valence electrons. The van der Waals surface area contributed by atoms with Gasteiger partial charge in [-0.25, -0.2) is 0 Å². The van der Waals surface area contributed by atoms with E-state index in [1.807, 2.05) is 31.2 Å². The Hall–Kier alpha value is -1.06. The zero-order valence-electron chi connectivity index (χ0n) is 10.0. The summed E-state index contributed by atoms with van der Waals surface area (Å²) in [6.45, 7) is 4.00. The fourth-order valence-corrected chi connectivity index (χ4v) is 2.02. The lowest BCUT2D eigenvalue weighted by molar-refractivity contribution is 0.0929. The molecule has 0 unspecified atom stereocenters. The Bertz CT molecular complexity index is 375. The van der Waals surface area contributed by atoms with Crippen LogP contribution in [0.2, 0.25) is 0 Å². The Morgan fingerprint density at radius 3 is 2.71 bits per heavy atom. The maximum Gasteiger partial charge on any atom is 0.251 e. The maximum absolute atomic E-state index is 11.9. The van der Waals surface area contributed by atoms with E-state index in [9.17, 15) is 4.79 Å². The number of carbonyl (C=O) groups is 1. The normalized spacial score (nSPS) is 16.1. The van der Waals surface area contributed by atoms with Gasteiger partial charge < -0.3 is 10.6 Å². The van der Waals surface area contributed by atoms with Gasteiger partial charge in [0.25, 0.3) is 5.91 Å². The predicted molar refractivity (Wildman–Crippen MR) is 71.8 cm³/mol. The molecule has 17 heavy (non-hydrogen) atoms. The maximum atomic E-state index is 11.9. The molecular weight excluding hydrogens is 236 g/mol. The molecule has 1 heterocycles. The lowest BCUT2D eigenvalue weighted by Crippen LogP contribution is -2.42. The third kappa shape index (κ3) is 4.02. The molecule has 2 rings (SSSR count). The van der Waals surface area contributed by atoms with E-state index in [-0.39, 0.29) is 18.3 Å². The van der Waals surface area contributed by atoms with Crippen molar-refractivity contribution >= 4 is 18.3 Å². The van der Waals surface area contributed by atoms with Crippen LogP contribution in [0.4, 0.5) is 0 Å². The first-order chi connectivity index (χ1) is 7.75. The summed E-state index contributed by atoms with van der Waals surface area (Å²) < 4.78 is 0. The number of amides is 1. The molecule has 1 aromatic carbocycles. The zero-order chi connectivity index (χ0) is 11.4. The molecule has 0 saturated carbocycles. The molecule has 1 aliphatic rings. The molecule has 0 radical (unpaired) electrons. The van der Waals surface area contributed by atoms with Gasteiger partial charge in [-0.1, -0.05) is 17.7 Å². The summed E-state index contributed by atoms with van der Waals surface area (Å²) in [5.74, 6) is 0.0515. The highest BCUT2D eigenvalue weighted by Crippen LogP contribution is 2.07. The fourth-order valence-electron chi connectivity index (χ4n) is 2.02. The summed E-state index contributed by atoms with van der Waals surface area (Å²) in [5.41, 5.74) is 1.89. The monoisotopic (exact) mass is 254 g/mol. The molecule has 1 saturated heterocycles. The SMILES string of the molecule is Cc1cccc(C(=O)NC2CCNCC2)c1.Cl. The Morgan fingerprint density at radius 1 is 1.35 bits per heavy atom. The van der Waals surface area contributed by atoms with Crippen molar-refractivity contribution in [2.75, 3.05) is 13.1 Å². The molecule has 3 nitrogen and oxygen atoms in total. The minimum Gasteiger partial charge on any atom is -0.349 e. The van der Waals surface area contributed by atoms with E-state index < -0.39 is 0 Å². The number of aryl methyl sites for hydroxylation is 1. The second-order valence-corrected chi connectivity index (χ2v) is 4.37. The molecule has 0 spiro atoms. The summed E-state index contributed by atoms with van der Waals surface area (Å²) in [6.07, 6.45) is 2.05. The van der Waals surface area contributed by atoms with Crippen LogP contribution < -0.4 is 10.6 Å². The van der Waals surface area contributed by atoms with Crippen LogP contribution in [-0.4, -0.2) is 25.0 Å². The van der Waals surface area contributed by atoms with Crippen molar-refractivity contribution in [2.45, 2.75) is 25.8 Å². The van der Waals surface area contributed by atoms with Crippen molar-refractivity contribution in [1.29, 1.82) is 0 Å². The summed E-state index contributed by atoms with van der Waals surface area (Å²) in [6, 6.07) is 8.04. The van der Waals surface area contributed by atoms with Crippen LogP contribution in [0.15, 0.2) is 24.3 Å². The first-order valence-corrected chi connectivity index (χ1v) is 5.84. The number of hydrogen-bond acceptors (Lipinski definition) is 2. The molecule has 1 fully saturated rings. The Kier molecular flexibility index (Phi) is 5.45. The van der Waals surface area contributed by atoms with Crippen LogP contribution in [-0.2, 0) is 0 Å². The van der Waals surface area contributed by atoms with Gasteiger partial charge in [0.15, 0.2) is 0 Å². The summed E-state index contributed by atoms with van der Waals surface area (Å²) in [5, 5.41) is 6.37. The standard InChI is InChI=1S/C13H18N2O.ClH/c1-10-3-2-4-11(9-10)13(16)15-12-5-7-14-8-6-12;/h2-4,9,12,14H,5-8H2,1H3,(H,15,16);1H. The van der Waals surface area contributed by atoms with E-state index >= 15 is 0 Å². The smallest absolute Gasteiger partial charge is 0.251 e. The number of carbonyl (C=O) groups excluding carboxylic acids is 1. The second-order valence-electron chi connectivity index (χ2n) is 4.37. The molecular formula is C13H19ClN2O. The number of nitrogens with one attached hydrogen (secondary N) is 2. The molecule has 2 N–H and O–H groups in total. The van der Waals surface area contributed by atoms with Crippen molar-refractivity contribution in [3.8, 4) is 0 Å². The molecule has 0 atom stereocenters. The van der Waals surface area contributed by atoms with Gasteiger partial charge in [0.2, 0.25) is 0 Å². The Morgan fingerprint density at radius 2 is 2.06 bits per heavy atom. The van der Waals surface area contributed by atoms with Crippen LogP contribution >= 0.6 is 12.4 Å². The Balaban J connectivity index is 0.00000144. The van der Waals surface area contributed by atoms with Crippen molar-refractivity contribution in [3.05, 3.63) is 35.4 Å². The number of halogens is 1. The lowest BCUT2D eigenvalue weighted by atomic mass is 10.1. The quantitative estimate of drug-likeness (QED) is 0.847. The van der Waals surface area contributed by atoms with Crippen LogP contribution in [0.1, 0.15) is 28.8 Å². The van der Waals surface area contributed by atoms with Crippen LogP contribution in [0.3, 0.4) is 0 Å². The third-order valence-electron chi connectivity index (χ3n) is 2.95. The van der Waals surface area contributed by atoms with Crippen LogP contribution in [0.5, 0.6) is 0 Å². The highest BCUT2D eigenvalue weighted by molar-refractivity contribution is 5.94. The van der Waals surface area contributed by atoms with Gasteiger partial charge in [-0.15, -0.1) is 12.4 Å². The predicted octanol–water partition coefficient (Wildman–Crippen LogP) is 1.90. The summed E-state index contributed by atoms with van der Waals surface area (Å²) >= 11 is 0. The summed E-state index contributed by atoms with van der Waals surface area (Å²) in [7, 11) is 0. The van der Waals surface area contributed by atoms with Gasteiger partial charge in [0.05, 0.1) is 0 Å². The largest absolute Gasteiger partial charge is 0.349 e. The van der Waals surface area contributed by atoms with Gasteiger partial charge in [0.1, 0.15) is 0 Å². The number of rotatable bonds is 2. The Labute approximate surface area is 108 Å². The highest BCUT2D eigenvalue weighted by atomic mass is 35.5. The van der Waals surface area contributed by atoms with E-state index in [2.05, 4.69) is 10.6 Å². The van der Waals surface area contributed by atoms with E-state index in [4.69, 9.17) is 0 Å². The number of piperidine rings is 1. The minimum atomic E-state index is 0. The van der Waals surface area contributed by atoms with Gasteiger partial charge >= 0.3 is 0 Å². The van der Waals surface area contributed by atoms with Crippen molar-refractivity contribution < 1.29 is 4.79 Å². The molecule has 1 aromatic rings. The van der Waals surface area contributed by atoms with E-state index in [1.54, 1.807) is 0 Å². The van der Waals surface area contributed by atoms with Gasteiger partial charge in [-0.3, -0.25) is 4.79 Å². The first-order valence-electron chi connectivity index (χ1n) is 5.84. The number of hydrogen-bond donors (Lipinski definition) is 2. The van der Waals surface area contributed by atoms with Crippen molar-refractivity contribution in [1.82, 2.24) is 10.6 Å². The molecule has 0 aromatic heterocycles. The molecule has 1 aliphatic heterocycles. The fraction of sp³-hybridized carbons (Fsp3) is 0.462. The van der Waals surface area contributed by atoms with E-state index in [1.165, 1.54) is 0 Å². The van der Waals surface area contributed by atoms with Crippen molar-refractivity contribution in [2.24, 2.45) is 0 Å². The first kappa shape index (κ1) is 14.0. The van der Waals surface area contributed by atoms with Gasteiger partial charge in [-0.2, -0.15) is 0 Å². The second kappa shape index (κ2) is 6.62. The molecule has 1 amide bonds. The van der Waals surface area contributed by atoms with E-state index in [0.29, 0.717) is 6.04 Å². The lowest BCUT2D eigenvalue weighted by Gasteiger charge is -2.23. The van der Waals surface area contributed by atoms with Gasteiger partial charge in [0, 0.05) is 11.6 Å². The van der Waals surface area contributed by atoms with Crippen molar-refractivity contribution in [3.63, 3.8) is 0 Å². The average Bonchev–Trinajstić information content (AvgIpc) is 2.30. The van der Waals surface area contributed by atoms with Gasteiger partial charge in [-0.05, 0) is 45.0 Å².